The van der Waals surface area contributed by atoms with Crippen LogP contribution in [0, 0.1) is 5.41 Å². The Bertz CT molecular complexity index is 244. The Labute approximate surface area is 92.5 Å². The Balaban J connectivity index is 4.16. The van der Waals surface area contributed by atoms with Crippen molar-refractivity contribution < 1.29 is 9.76 Å². The summed E-state index contributed by atoms with van der Waals surface area (Å²) in [5.41, 5.74) is -1.45. The summed E-state index contributed by atoms with van der Waals surface area (Å²) >= 11 is 0. The van der Waals surface area contributed by atoms with Gasteiger partial charge in [0.25, 0.3) is 0 Å². The third-order valence-corrected chi connectivity index (χ3v) is 2.38. The lowest BCUT2D eigenvalue weighted by Crippen LogP contribution is -2.48. The fraction of sp³-hybridized carbons (Fsp3) is 0.700. The van der Waals surface area contributed by atoms with Crippen molar-refractivity contribution in [3.8, 4) is 0 Å². The van der Waals surface area contributed by atoms with Gasteiger partial charge in [0.15, 0.2) is 0 Å². The number of hydrogen-bond acceptors (Lipinski definition) is 4. The Hall–Kier alpha value is -0.805. The first-order chi connectivity index (χ1) is 6.70. The van der Waals surface area contributed by atoms with Crippen LogP contribution in [-0.4, -0.2) is 36.4 Å². The van der Waals surface area contributed by atoms with E-state index in [1.54, 1.807) is 47.0 Å². The van der Waals surface area contributed by atoms with E-state index in [9.17, 15) is 5.11 Å². The van der Waals surface area contributed by atoms with Gasteiger partial charge in [-0.15, -0.1) is 0 Å². The van der Waals surface area contributed by atoms with Gasteiger partial charge in [0.05, 0.1) is 11.2 Å². The van der Waals surface area contributed by atoms with Crippen LogP contribution in [-0.2, 0) is 4.65 Å². The summed E-state index contributed by atoms with van der Waals surface area (Å²) in [7, 11) is 3.08. The monoisotopic (exact) mass is 211 g/mol. The second kappa shape index (κ2) is 5.33. The van der Waals surface area contributed by atoms with Gasteiger partial charge in [-0.25, -0.2) is 0 Å². The van der Waals surface area contributed by atoms with E-state index >= 15 is 0 Å². The molecule has 0 aliphatic carbocycles. The van der Waals surface area contributed by atoms with E-state index in [-0.39, 0.29) is 5.61 Å². The minimum atomic E-state index is -0.962. The van der Waals surface area contributed by atoms with Gasteiger partial charge in [0, 0.05) is 12.7 Å². The van der Waals surface area contributed by atoms with Crippen molar-refractivity contribution in [1.29, 1.82) is 5.41 Å². The Kier molecular flexibility index (Phi) is 5.04. The van der Waals surface area contributed by atoms with Gasteiger partial charge in [-0.1, -0.05) is 0 Å². The number of allylic oxidation sites excluding steroid dienone is 1. The fourth-order valence-electron chi connectivity index (χ4n) is 0.567. The van der Waals surface area contributed by atoms with Crippen molar-refractivity contribution in [2.24, 2.45) is 0 Å². The van der Waals surface area contributed by atoms with Crippen LogP contribution in [0.2, 0.25) is 0 Å². The highest BCUT2D eigenvalue weighted by Crippen LogP contribution is 2.24. The second-order valence-electron chi connectivity index (χ2n) is 4.38. The number of aliphatic hydroxyl groups is 1. The highest BCUT2D eigenvalue weighted by atomic mass is 16.5. The summed E-state index contributed by atoms with van der Waals surface area (Å²) in [5, 5.41) is 20.1. The van der Waals surface area contributed by atoms with E-state index < -0.39 is 11.2 Å². The standard InChI is InChI=1S/C10H20BN2O2/c1-9(2,14)10(3,4)15-11-8(12)6-7-13-5/h6-7,12-14H,1-5H3/b7-6-,12-8?. The smallest absolute Gasteiger partial charge is 0.350 e. The predicted molar refractivity (Wildman–Crippen MR) is 63.1 cm³/mol. The largest absolute Gasteiger partial charge is 0.425 e. The molecule has 0 bridgehead atoms. The molecule has 0 amide bonds. The van der Waals surface area contributed by atoms with Crippen molar-refractivity contribution in [3.63, 3.8) is 0 Å². The molecule has 0 aliphatic heterocycles. The minimum Gasteiger partial charge on any atom is -0.425 e. The SMILES string of the molecule is CN/C=C\C(=N)[B]OC(C)(C)C(C)(C)O. The van der Waals surface area contributed by atoms with Crippen LogP contribution < -0.4 is 5.32 Å². The number of rotatable bonds is 6. The first-order valence-corrected chi connectivity index (χ1v) is 4.86. The average Bonchev–Trinajstić information content (AvgIpc) is 2.09. The molecule has 0 saturated heterocycles. The first-order valence-electron chi connectivity index (χ1n) is 4.86. The molecule has 0 saturated carbocycles. The maximum Gasteiger partial charge on any atom is 0.350 e. The summed E-state index contributed by atoms with van der Waals surface area (Å²) < 4.78 is 5.37. The summed E-state index contributed by atoms with van der Waals surface area (Å²) in [6.45, 7) is 6.90. The quantitative estimate of drug-likeness (QED) is 0.451. The Morgan fingerprint density at radius 2 is 1.93 bits per heavy atom. The van der Waals surface area contributed by atoms with Gasteiger partial charge >= 0.3 is 7.48 Å². The van der Waals surface area contributed by atoms with Crippen molar-refractivity contribution in [3.05, 3.63) is 12.3 Å². The van der Waals surface area contributed by atoms with E-state index in [4.69, 9.17) is 10.1 Å². The van der Waals surface area contributed by atoms with Gasteiger partial charge in [-0.3, -0.25) is 0 Å². The molecule has 0 aromatic carbocycles. The minimum absolute atomic E-state index is 0.238. The molecule has 0 aromatic rings. The normalized spacial score (nSPS) is 12.9. The van der Waals surface area contributed by atoms with Crippen LogP contribution in [0.3, 0.4) is 0 Å². The van der Waals surface area contributed by atoms with Gasteiger partial charge in [0.2, 0.25) is 0 Å². The summed E-state index contributed by atoms with van der Waals surface area (Å²) in [6.07, 6.45) is 3.21. The third-order valence-electron chi connectivity index (χ3n) is 2.38. The molecule has 4 nitrogen and oxygen atoms in total. The lowest BCUT2D eigenvalue weighted by Gasteiger charge is -2.37. The Morgan fingerprint density at radius 1 is 1.40 bits per heavy atom. The first kappa shape index (κ1) is 14.2. The summed E-state index contributed by atoms with van der Waals surface area (Å²) in [6, 6.07) is 0. The predicted octanol–water partition coefficient (Wildman–Crippen LogP) is 0.882. The fourth-order valence-corrected chi connectivity index (χ4v) is 0.567. The van der Waals surface area contributed by atoms with Crippen LogP contribution >= 0.6 is 0 Å². The van der Waals surface area contributed by atoms with Crippen molar-refractivity contribution in [2.45, 2.75) is 38.9 Å². The summed E-state index contributed by atoms with van der Waals surface area (Å²) in [5.74, 6) is 0. The van der Waals surface area contributed by atoms with Gasteiger partial charge in [0.1, 0.15) is 0 Å². The highest BCUT2D eigenvalue weighted by molar-refractivity contribution is 6.72. The molecule has 5 heteroatoms. The van der Waals surface area contributed by atoms with E-state index in [1.165, 1.54) is 7.48 Å². The Morgan fingerprint density at radius 3 is 2.33 bits per heavy atom. The maximum absolute atomic E-state index is 9.79. The molecule has 0 spiro atoms. The lowest BCUT2D eigenvalue weighted by atomic mass is 9.84. The molecule has 85 valence electrons. The highest BCUT2D eigenvalue weighted by Gasteiger charge is 2.35. The van der Waals surface area contributed by atoms with E-state index in [0.29, 0.717) is 0 Å². The maximum atomic E-state index is 9.79. The van der Waals surface area contributed by atoms with Crippen molar-refractivity contribution in [1.82, 2.24) is 5.32 Å². The zero-order valence-corrected chi connectivity index (χ0v) is 10.1. The van der Waals surface area contributed by atoms with Crippen LogP contribution in [0.25, 0.3) is 0 Å². The van der Waals surface area contributed by atoms with Crippen LogP contribution in [0.5, 0.6) is 0 Å². The van der Waals surface area contributed by atoms with Crippen LogP contribution in [0.1, 0.15) is 27.7 Å². The molecule has 0 fully saturated rings. The lowest BCUT2D eigenvalue weighted by molar-refractivity contribution is -0.0890. The number of hydrogen-bond donors (Lipinski definition) is 3. The molecular weight excluding hydrogens is 191 g/mol. The van der Waals surface area contributed by atoms with Crippen LogP contribution in [0.4, 0.5) is 0 Å². The van der Waals surface area contributed by atoms with E-state index in [0.717, 1.165) is 0 Å². The zero-order chi connectivity index (χ0) is 12.1. The van der Waals surface area contributed by atoms with Gasteiger partial charge in [-0.2, -0.15) is 0 Å². The average molecular weight is 211 g/mol. The van der Waals surface area contributed by atoms with Gasteiger partial charge < -0.3 is 20.5 Å². The van der Waals surface area contributed by atoms with Crippen molar-refractivity contribution in [2.75, 3.05) is 7.05 Å². The number of nitrogens with one attached hydrogen (secondary N) is 2. The van der Waals surface area contributed by atoms with E-state index in [2.05, 4.69) is 5.32 Å². The molecular formula is C10H20BN2O2. The third kappa shape index (κ3) is 5.00. The summed E-state index contributed by atoms with van der Waals surface area (Å²) in [4.78, 5) is 0. The molecule has 0 rings (SSSR count). The molecule has 0 aromatic heterocycles. The molecule has 0 heterocycles. The van der Waals surface area contributed by atoms with Gasteiger partial charge in [-0.05, 0) is 40.0 Å². The zero-order valence-electron chi connectivity index (χ0n) is 10.1. The molecule has 15 heavy (non-hydrogen) atoms. The molecule has 0 atom stereocenters. The van der Waals surface area contributed by atoms with Crippen LogP contribution in [0.15, 0.2) is 12.3 Å². The molecule has 3 N–H and O–H groups in total. The second-order valence-corrected chi connectivity index (χ2v) is 4.38. The van der Waals surface area contributed by atoms with E-state index in [1.807, 2.05) is 0 Å². The molecule has 1 radical (unpaired) electrons. The molecule has 0 unspecified atom stereocenters. The molecule has 0 aliphatic rings. The topological polar surface area (TPSA) is 65.3 Å². The van der Waals surface area contributed by atoms with Crippen molar-refractivity contribution >= 4 is 13.1 Å².